The van der Waals surface area contributed by atoms with Crippen LogP contribution in [0.1, 0.15) is 26.2 Å². The Hall–Kier alpha value is -1.39. The molecular weight excluding hydrogens is 254 g/mol. The van der Waals surface area contributed by atoms with Gasteiger partial charge in [-0.25, -0.2) is 0 Å². The molecule has 114 valence electrons. The summed E-state index contributed by atoms with van der Waals surface area (Å²) in [6.45, 7) is 10.5. The lowest BCUT2D eigenvalue weighted by Crippen LogP contribution is -2.28. The van der Waals surface area contributed by atoms with Crippen molar-refractivity contribution in [1.29, 1.82) is 0 Å². The molecular formula is C16H27NO3. The van der Waals surface area contributed by atoms with Gasteiger partial charge in [-0.1, -0.05) is 23.8 Å². The van der Waals surface area contributed by atoms with Gasteiger partial charge in [0.15, 0.2) is 0 Å². The van der Waals surface area contributed by atoms with Crippen LogP contribution in [0.15, 0.2) is 37.0 Å². The summed E-state index contributed by atoms with van der Waals surface area (Å²) in [7, 11) is 1.68. The van der Waals surface area contributed by atoms with Crippen LogP contribution < -0.4 is 5.32 Å². The Morgan fingerprint density at radius 2 is 2.05 bits per heavy atom. The van der Waals surface area contributed by atoms with E-state index in [2.05, 4.69) is 24.6 Å². The smallest absolute Gasteiger partial charge is 0.246 e. The normalized spacial score (nSPS) is 12.8. The molecule has 0 aromatic heterocycles. The summed E-state index contributed by atoms with van der Waals surface area (Å²) in [6, 6.07) is 0. The molecule has 0 aromatic rings. The van der Waals surface area contributed by atoms with Gasteiger partial charge in [0.2, 0.25) is 5.91 Å². The van der Waals surface area contributed by atoms with Crippen molar-refractivity contribution in [1.82, 2.24) is 5.32 Å². The molecule has 0 aliphatic carbocycles. The first-order valence-corrected chi connectivity index (χ1v) is 6.90. The van der Waals surface area contributed by atoms with E-state index in [0.717, 1.165) is 24.8 Å². The Kier molecular flexibility index (Phi) is 11.8. The van der Waals surface area contributed by atoms with Crippen LogP contribution >= 0.6 is 0 Å². The van der Waals surface area contributed by atoms with Crippen molar-refractivity contribution in [2.75, 3.05) is 26.9 Å². The first-order chi connectivity index (χ1) is 9.63. The third-order valence-electron chi connectivity index (χ3n) is 2.74. The summed E-state index contributed by atoms with van der Waals surface area (Å²) in [5, 5.41) is 2.75. The van der Waals surface area contributed by atoms with Crippen LogP contribution in [0.2, 0.25) is 0 Å². The largest absolute Gasteiger partial charge is 0.377 e. The highest BCUT2D eigenvalue weighted by Crippen LogP contribution is 2.05. The third kappa shape index (κ3) is 10.5. The molecule has 0 aliphatic heterocycles. The zero-order chi connectivity index (χ0) is 15.2. The van der Waals surface area contributed by atoms with E-state index in [1.807, 2.05) is 6.92 Å². The van der Waals surface area contributed by atoms with Gasteiger partial charge in [0, 0.05) is 13.7 Å². The van der Waals surface area contributed by atoms with Gasteiger partial charge in [-0.05, 0) is 26.2 Å². The van der Waals surface area contributed by atoms with Crippen LogP contribution in [0.4, 0.5) is 0 Å². The highest BCUT2D eigenvalue weighted by atomic mass is 16.5. The molecule has 1 N–H and O–H groups in total. The number of carbonyl (C=O) groups excluding carboxylic acids is 1. The van der Waals surface area contributed by atoms with Crippen LogP contribution in [0.5, 0.6) is 0 Å². The minimum absolute atomic E-state index is 0.0919. The number of hydrogen-bond donors (Lipinski definition) is 1. The van der Waals surface area contributed by atoms with Crippen molar-refractivity contribution in [2.45, 2.75) is 32.3 Å². The molecule has 1 unspecified atom stereocenters. The predicted molar refractivity (Wildman–Crippen MR) is 82.6 cm³/mol. The number of hydrogen-bond acceptors (Lipinski definition) is 3. The quantitative estimate of drug-likeness (QED) is 0.442. The topological polar surface area (TPSA) is 47.6 Å². The number of allylic oxidation sites excluding steroid dienone is 1. The van der Waals surface area contributed by atoms with E-state index in [1.54, 1.807) is 19.3 Å². The van der Waals surface area contributed by atoms with Crippen molar-refractivity contribution in [2.24, 2.45) is 0 Å². The Morgan fingerprint density at radius 1 is 1.30 bits per heavy atom. The fraction of sp³-hybridized carbons (Fsp3) is 0.562. The maximum absolute atomic E-state index is 11.4. The summed E-state index contributed by atoms with van der Waals surface area (Å²) in [5.74, 6) is -0.0919. The predicted octanol–water partition coefficient (Wildman–Crippen LogP) is 2.62. The van der Waals surface area contributed by atoms with Gasteiger partial charge in [-0.15, -0.1) is 13.2 Å². The number of rotatable bonds is 12. The summed E-state index contributed by atoms with van der Waals surface area (Å²) in [4.78, 5) is 11.4. The molecule has 4 nitrogen and oxygen atoms in total. The van der Waals surface area contributed by atoms with Crippen LogP contribution in [0.25, 0.3) is 0 Å². The number of methoxy groups -OCH3 is 1. The molecule has 0 spiro atoms. The molecule has 0 saturated carbocycles. The number of amides is 1. The summed E-state index contributed by atoms with van der Waals surface area (Å²) in [6.07, 6.45) is 8.35. The minimum Gasteiger partial charge on any atom is -0.377 e. The van der Waals surface area contributed by atoms with Gasteiger partial charge in [0.25, 0.3) is 0 Å². The highest BCUT2D eigenvalue weighted by Gasteiger charge is 2.01. The molecule has 1 atom stereocenters. The minimum atomic E-state index is -0.0919. The summed E-state index contributed by atoms with van der Waals surface area (Å²) < 4.78 is 10.5. The van der Waals surface area contributed by atoms with E-state index >= 15 is 0 Å². The monoisotopic (exact) mass is 281 g/mol. The Bertz CT molecular complexity index is 324. The zero-order valence-corrected chi connectivity index (χ0v) is 12.7. The molecule has 0 bridgehead atoms. The SMILES string of the molecule is C=CCCNC(=O)COC/C(C)=C\CCC(C=C)OC. The standard InChI is InChI=1S/C16H27NO3/c1-5-7-11-17-16(18)13-20-12-14(3)9-8-10-15(6-2)19-4/h5-6,9,15H,1-2,7-8,10-13H2,3-4H3,(H,17,18)/b14-9-. The Labute approximate surface area is 122 Å². The van der Waals surface area contributed by atoms with Crippen molar-refractivity contribution < 1.29 is 14.3 Å². The van der Waals surface area contributed by atoms with Crippen molar-refractivity contribution >= 4 is 5.91 Å². The maximum Gasteiger partial charge on any atom is 0.246 e. The highest BCUT2D eigenvalue weighted by molar-refractivity contribution is 5.77. The maximum atomic E-state index is 11.4. The number of carbonyl (C=O) groups is 1. The van der Waals surface area contributed by atoms with Crippen LogP contribution in [0, 0.1) is 0 Å². The van der Waals surface area contributed by atoms with E-state index in [-0.39, 0.29) is 18.6 Å². The second-order valence-corrected chi connectivity index (χ2v) is 4.56. The molecule has 0 aliphatic rings. The second kappa shape index (κ2) is 12.6. The van der Waals surface area contributed by atoms with E-state index in [9.17, 15) is 4.79 Å². The van der Waals surface area contributed by atoms with Crippen molar-refractivity contribution in [3.8, 4) is 0 Å². The molecule has 1 amide bonds. The molecule has 0 fully saturated rings. The Morgan fingerprint density at radius 3 is 2.65 bits per heavy atom. The summed E-state index contributed by atoms with van der Waals surface area (Å²) in [5.41, 5.74) is 1.11. The van der Waals surface area contributed by atoms with Gasteiger partial charge in [-0.2, -0.15) is 0 Å². The molecule has 0 aromatic carbocycles. The zero-order valence-electron chi connectivity index (χ0n) is 12.7. The van der Waals surface area contributed by atoms with Gasteiger partial charge < -0.3 is 14.8 Å². The van der Waals surface area contributed by atoms with Gasteiger partial charge >= 0.3 is 0 Å². The third-order valence-corrected chi connectivity index (χ3v) is 2.74. The summed E-state index contributed by atoms with van der Waals surface area (Å²) >= 11 is 0. The molecule has 0 saturated heterocycles. The lowest BCUT2D eigenvalue weighted by Gasteiger charge is -2.09. The van der Waals surface area contributed by atoms with E-state index in [4.69, 9.17) is 9.47 Å². The fourth-order valence-electron chi connectivity index (χ4n) is 1.55. The van der Waals surface area contributed by atoms with E-state index in [0.29, 0.717) is 13.2 Å². The lowest BCUT2D eigenvalue weighted by molar-refractivity contribution is -0.125. The van der Waals surface area contributed by atoms with Crippen LogP contribution in [0.3, 0.4) is 0 Å². The molecule has 4 heteroatoms. The lowest BCUT2D eigenvalue weighted by atomic mass is 10.1. The van der Waals surface area contributed by atoms with Gasteiger partial charge in [0.1, 0.15) is 6.61 Å². The molecule has 0 radical (unpaired) electrons. The van der Waals surface area contributed by atoms with Gasteiger partial charge in [-0.3, -0.25) is 4.79 Å². The first-order valence-electron chi connectivity index (χ1n) is 6.90. The number of nitrogens with one attached hydrogen (secondary N) is 1. The van der Waals surface area contributed by atoms with Crippen LogP contribution in [-0.2, 0) is 14.3 Å². The Balaban J connectivity index is 3.70. The number of ether oxygens (including phenoxy) is 2. The molecule has 20 heavy (non-hydrogen) atoms. The van der Waals surface area contributed by atoms with E-state index in [1.165, 1.54) is 0 Å². The van der Waals surface area contributed by atoms with Gasteiger partial charge in [0.05, 0.1) is 12.7 Å². The van der Waals surface area contributed by atoms with Crippen molar-refractivity contribution in [3.63, 3.8) is 0 Å². The molecule has 0 rings (SSSR count). The van der Waals surface area contributed by atoms with Crippen LogP contribution in [-0.4, -0.2) is 38.9 Å². The average molecular weight is 281 g/mol. The molecule has 0 heterocycles. The fourth-order valence-corrected chi connectivity index (χ4v) is 1.55. The van der Waals surface area contributed by atoms with E-state index < -0.39 is 0 Å². The second-order valence-electron chi connectivity index (χ2n) is 4.56. The first kappa shape index (κ1) is 18.6. The average Bonchev–Trinajstić information content (AvgIpc) is 2.44. The van der Waals surface area contributed by atoms with Crippen molar-refractivity contribution in [3.05, 3.63) is 37.0 Å².